The Morgan fingerprint density at radius 1 is 1.00 bits per heavy atom. The fourth-order valence-corrected chi connectivity index (χ4v) is 3.22. The highest BCUT2D eigenvalue weighted by Gasteiger charge is 2.20. The van der Waals surface area contributed by atoms with E-state index >= 15 is 0 Å². The molecular weight excluding hydrogens is 332 g/mol. The van der Waals surface area contributed by atoms with Gasteiger partial charge in [0.1, 0.15) is 0 Å². The Bertz CT molecular complexity index is 954. The highest BCUT2D eigenvalue weighted by molar-refractivity contribution is 6.30. The predicted molar refractivity (Wildman–Crippen MR) is 102 cm³/mol. The second-order valence-corrected chi connectivity index (χ2v) is 6.35. The molecule has 0 radical (unpaired) electrons. The molecule has 0 bridgehead atoms. The van der Waals surface area contributed by atoms with E-state index in [1.165, 1.54) is 0 Å². The van der Waals surface area contributed by atoms with E-state index in [1.807, 2.05) is 61.3 Å². The van der Waals surface area contributed by atoms with Crippen LogP contribution in [-0.2, 0) is 0 Å². The molecule has 0 saturated carbocycles. The number of nitrogens with one attached hydrogen (secondary N) is 1. The standard InChI is InChI=1S/C20H17ClN4/c21-16-5-1-14(2-6-16)18-11-24-12-19(18)20(25-10-9-23-13-25)15-3-7-17(22)8-4-15/h1-13,20,24H,22H2/t20-/m1/s1. The van der Waals surface area contributed by atoms with E-state index in [9.17, 15) is 0 Å². The smallest absolute Gasteiger partial charge is 0.0954 e. The van der Waals surface area contributed by atoms with Crippen LogP contribution in [0.5, 0.6) is 0 Å². The van der Waals surface area contributed by atoms with E-state index < -0.39 is 0 Å². The summed E-state index contributed by atoms with van der Waals surface area (Å²) >= 11 is 6.04. The first-order valence-corrected chi connectivity index (χ1v) is 8.35. The molecule has 2 aromatic heterocycles. The minimum atomic E-state index is 0.0000260. The number of nitrogens with zero attached hydrogens (tertiary/aromatic N) is 2. The first kappa shape index (κ1) is 15.5. The molecule has 0 spiro atoms. The third kappa shape index (κ3) is 3.04. The van der Waals surface area contributed by atoms with Crippen LogP contribution in [0.1, 0.15) is 17.2 Å². The highest BCUT2D eigenvalue weighted by atomic mass is 35.5. The zero-order valence-corrected chi connectivity index (χ0v) is 14.2. The summed E-state index contributed by atoms with van der Waals surface area (Å²) in [5, 5.41) is 0.727. The second kappa shape index (κ2) is 6.49. The average molecular weight is 349 g/mol. The van der Waals surface area contributed by atoms with Gasteiger partial charge in [0.15, 0.2) is 0 Å². The lowest BCUT2D eigenvalue weighted by atomic mass is 9.94. The number of nitrogens with two attached hydrogens (primary N) is 1. The lowest BCUT2D eigenvalue weighted by molar-refractivity contribution is 0.679. The lowest BCUT2D eigenvalue weighted by Gasteiger charge is -2.20. The number of hydrogen-bond acceptors (Lipinski definition) is 2. The molecule has 2 aromatic carbocycles. The number of H-pyrrole nitrogens is 1. The quantitative estimate of drug-likeness (QED) is 0.523. The van der Waals surface area contributed by atoms with Gasteiger partial charge in [0.25, 0.3) is 0 Å². The molecule has 3 N–H and O–H groups in total. The Labute approximate surface area is 150 Å². The fraction of sp³-hybridized carbons (Fsp3) is 0.0500. The number of hydrogen-bond donors (Lipinski definition) is 2. The Hall–Kier alpha value is -2.98. The molecule has 2 heterocycles. The molecule has 0 fully saturated rings. The van der Waals surface area contributed by atoms with Crippen molar-refractivity contribution in [1.29, 1.82) is 0 Å². The molecule has 5 heteroatoms. The van der Waals surface area contributed by atoms with Gasteiger partial charge < -0.3 is 15.3 Å². The normalized spacial score (nSPS) is 12.2. The number of aromatic nitrogens is 3. The number of halogens is 1. The molecule has 1 atom stereocenters. The van der Waals surface area contributed by atoms with Crippen LogP contribution in [0, 0.1) is 0 Å². The largest absolute Gasteiger partial charge is 0.399 e. The summed E-state index contributed by atoms with van der Waals surface area (Å²) in [6.45, 7) is 0. The minimum Gasteiger partial charge on any atom is -0.399 e. The topological polar surface area (TPSA) is 59.6 Å². The third-order valence-electron chi connectivity index (χ3n) is 4.30. The number of imidazole rings is 1. The van der Waals surface area contributed by atoms with Crippen molar-refractivity contribution in [2.45, 2.75) is 6.04 Å². The van der Waals surface area contributed by atoms with Crippen LogP contribution >= 0.6 is 11.6 Å². The maximum absolute atomic E-state index is 6.04. The van der Waals surface area contributed by atoms with Crippen molar-refractivity contribution in [1.82, 2.24) is 14.5 Å². The van der Waals surface area contributed by atoms with E-state index in [2.05, 4.69) is 26.7 Å². The molecule has 25 heavy (non-hydrogen) atoms. The Morgan fingerprint density at radius 3 is 2.44 bits per heavy atom. The zero-order valence-electron chi connectivity index (χ0n) is 13.4. The van der Waals surface area contributed by atoms with E-state index in [0.717, 1.165) is 33.0 Å². The molecule has 124 valence electrons. The average Bonchev–Trinajstić information content (AvgIpc) is 3.30. The van der Waals surface area contributed by atoms with E-state index in [4.69, 9.17) is 17.3 Å². The van der Waals surface area contributed by atoms with Crippen LogP contribution in [0.4, 0.5) is 5.69 Å². The summed E-state index contributed by atoms with van der Waals surface area (Å²) in [6.07, 6.45) is 9.64. The van der Waals surface area contributed by atoms with Crippen LogP contribution in [0.3, 0.4) is 0 Å². The van der Waals surface area contributed by atoms with Crippen molar-refractivity contribution < 1.29 is 0 Å². The molecule has 0 unspecified atom stereocenters. The first-order chi connectivity index (χ1) is 12.2. The number of benzene rings is 2. The maximum atomic E-state index is 6.04. The molecule has 0 saturated heterocycles. The molecule has 4 nitrogen and oxygen atoms in total. The molecular formula is C20H17ClN4. The summed E-state index contributed by atoms with van der Waals surface area (Å²) in [5.74, 6) is 0. The number of rotatable bonds is 4. The van der Waals surface area contributed by atoms with Crippen molar-refractivity contribution in [3.63, 3.8) is 0 Å². The number of anilines is 1. The maximum Gasteiger partial charge on any atom is 0.0954 e. The lowest BCUT2D eigenvalue weighted by Crippen LogP contribution is -2.11. The Kier molecular flexibility index (Phi) is 4.04. The van der Waals surface area contributed by atoms with Crippen molar-refractivity contribution in [2.24, 2.45) is 0 Å². The van der Waals surface area contributed by atoms with Gasteiger partial charge in [-0.25, -0.2) is 4.98 Å². The van der Waals surface area contributed by atoms with Crippen LogP contribution < -0.4 is 5.73 Å². The van der Waals surface area contributed by atoms with Gasteiger partial charge in [-0.3, -0.25) is 0 Å². The molecule has 0 aliphatic heterocycles. The van der Waals surface area contributed by atoms with Crippen LogP contribution in [-0.4, -0.2) is 14.5 Å². The predicted octanol–water partition coefficient (Wildman–Crippen LogP) is 4.75. The Morgan fingerprint density at radius 2 is 1.76 bits per heavy atom. The van der Waals surface area contributed by atoms with E-state index in [1.54, 1.807) is 6.20 Å². The third-order valence-corrected chi connectivity index (χ3v) is 4.55. The van der Waals surface area contributed by atoms with Crippen molar-refractivity contribution in [3.05, 3.63) is 95.8 Å². The van der Waals surface area contributed by atoms with Gasteiger partial charge in [0.2, 0.25) is 0 Å². The molecule has 0 aliphatic carbocycles. The van der Waals surface area contributed by atoms with Gasteiger partial charge in [0.05, 0.1) is 12.4 Å². The number of aromatic amines is 1. The van der Waals surface area contributed by atoms with Crippen LogP contribution in [0.2, 0.25) is 5.02 Å². The first-order valence-electron chi connectivity index (χ1n) is 7.98. The van der Waals surface area contributed by atoms with Crippen molar-refractivity contribution in [2.75, 3.05) is 5.73 Å². The summed E-state index contributed by atoms with van der Waals surface area (Å²) in [7, 11) is 0. The van der Waals surface area contributed by atoms with Crippen molar-refractivity contribution >= 4 is 17.3 Å². The van der Waals surface area contributed by atoms with Gasteiger partial charge in [0, 0.05) is 46.6 Å². The summed E-state index contributed by atoms with van der Waals surface area (Å²) in [5.41, 5.74) is 11.2. The zero-order chi connectivity index (χ0) is 17.2. The summed E-state index contributed by atoms with van der Waals surface area (Å²) in [4.78, 5) is 7.46. The SMILES string of the molecule is Nc1ccc([C@H](c2c[nH]cc2-c2ccc(Cl)cc2)n2ccnc2)cc1. The van der Waals surface area contributed by atoms with E-state index in [-0.39, 0.29) is 6.04 Å². The summed E-state index contributed by atoms with van der Waals surface area (Å²) < 4.78 is 2.09. The molecule has 0 amide bonds. The fourth-order valence-electron chi connectivity index (χ4n) is 3.09. The highest BCUT2D eigenvalue weighted by Crippen LogP contribution is 2.35. The second-order valence-electron chi connectivity index (χ2n) is 5.91. The van der Waals surface area contributed by atoms with Gasteiger partial charge in [-0.15, -0.1) is 0 Å². The van der Waals surface area contributed by atoms with Gasteiger partial charge >= 0.3 is 0 Å². The Balaban J connectivity index is 1.85. The van der Waals surface area contributed by atoms with Crippen molar-refractivity contribution in [3.8, 4) is 11.1 Å². The minimum absolute atomic E-state index is 0.0000260. The monoisotopic (exact) mass is 348 g/mol. The summed E-state index contributed by atoms with van der Waals surface area (Å²) in [6, 6.07) is 15.8. The van der Waals surface area contributed by atoms with Crippen LogP contribution in [0.15, 0.2) is 79.6 Å². The van der Waals surface area contributed by atoms with E-state index in [0.29, 0.717) is 0 Å². The number of nitrogen functional groups attached to an aromatic ring is 1. The molecule has 4 rings (SSSR count). The van der Waals surface area contributed by atoms with Gasteiger partial charge in [-0.1, -0.05) is 35.9 Å². The van der Waals surface area contributed by atoms with Gasteiger partial charge in [-0.05, 0) is 35.4 Å². The molecule has 0 aliphatic rings. The van der Waals surface area contributed by atoms with Gasteiger partial charge in [-0.2, -0.15) is 0 Å². The molecule has 4 aromatic rings. The van der Waals surface area contributed by atoms with Crippen LogP contribution in [0.25, 0.3) is 11.1 Å².